The number of para-hydroxylation sites is 2. The Balaban J connectivity index is 1.93. The van der Waals surface area contributed by atoms with E-state index in [0.717, 1.165) is 5.56 Å². The summed E-state index contributed by atoms with van der Waals surface area (Å²) in [7, 11) is 0. The van der Waals surface area contributed by atoms with Gasteiger partial charge in [0.25, 0.3) is 11.4 Å². The molecule has 12 nitrogen and oxygen atoms in total. The molecule has 12 heteroatoms. The van der Waals surface area contributed by atoms with Gasteiger partial charge in [0.1, 0.15) is 0 Å². The zero-order valence-electron chi connectivity index (χ0n) is 23.1. The van der Waals surface area contributed by atoms with Crippen LogP contribution in [0.25, 0.3) is 0 Å². The molecule has 0 unspecified atom stereocenters. The molecule has 0 aliphatic carbocycles. The van der Waals surface area contributed by atoms with Crippen molar-refractivity contribution in [2.24, 2.45) is 0 Å². The third-order valence-corrected chi connectivity index (χ3v) is 6.48. The Hall–Kier alpha value is -5.65. The van der Waals surface area contributed by atoms with E-state index in [1.165, 1.54) is 13.0 Å². The molecule has 4 aromatic rings. The predicted molar refractivity (Wildman–Crippen MR) is 156 cm³/mol. The molecule has 0 saturated heterocycles. The van der Waals surface area contributed by atoms with E-state index < -0.39 is 37.6 Å². The van der Waals surface area contributed by atoms with E-state index in [-0.39, 0.29) is 16.9 Å². The monoisotopic (exact) mass is 570 g/mol. The number of ketones is 1. The van der Waals surface area contributed by atoms with Crippen molar-refractivity contribution in [3.8, 4) is 11.5 Å². The van der Waals surface area contributed by atoms with Crippen LogP contribution in [0.15, 0.2) is 84.9 Å². The van der Waals surface area contributed by atoms with E-state index in [0.29, 0.717) is 34.8 Å². The zero-order valence-corrected chi connectivity index (χ0v) is 23.1. The number of anilines is 3. The molecule has 0 radical (unpaired) electrons. The van der Waals surface area contributed by atoms with Crippen molar-refractivity contribution >= 4 is 39.9 Å². The van der Waals surface area contributed by atoms with Crippen LogP contribution >= 0.6 is 0 Å². The predicted octanol–water partition coefficient (Wildman–Crippen LogP) is 8.17. The number of nitrogens with zero attached hydrogens (tertiary/aromatic N) is 4. The highest BCUT2D eigenvalue weighted by Gasteiger charge is 2.33. The Kier molecular flexibility index (Phi) is 8.00. The number of ether oxygens (including phenoxy) is 1. The SMILES string of the molecule is CC(=O)c1ccc(N(c2ccc(C(C)(C)C)cc2)c2ccccc2Oc2c([N+](=O)[O-])cc([N+](=O)[O-])cc2[N+](=O)[O-])cc1. The van der Waals surface area contributed by atoms with E-state index in [1.54, 1.807) is 47.4 Å². The number of carbonyl (C=O) groups excluding carboxylic acids is 1. The molecule has 4 rings (SSSR count). The summed E-state index contributed by atoms with van der Waals surface area (Å²) in [4.78, 5) is 45.8. The molecule has 0 spiro atoms. The van der Waals surface area contributed by atoms with Crippen molar-refractivity contribution in [3.63, 3.8) is 0 Å². The second-order valence-corrected chi connectivity index (χ2v) is 10.4. The van der Waals surface area contributed by atoms with Crippen LogP contribution < -0.4 is 9.64 Å². The summed E-state index contributed by atoms with van der Waals surface area (Å²) < 4.78 is 5.89. The van der Waals surface area contributed by atoms with Gasteiger partial charge in [-0.15, -0.1) is 0 Å². The van der Waals surface area contributed by atoms with Crippen molar-refractivity contribution in [2.75, 3.05) is 4.90 Å². The van der Waals surface area contributed by atoms with Crippen LogP contribution in [0.4, 0.5) is 34.1 Å². The topological polar surface area (TPSA) is 159 Å². The number of nitro benzene ring substituents is 3. The average molecular weight is 571 g/mol. The number of rotatable bonds is 9. The van der Waals surface area contributed by atoms with Crippen LogP contribution in [0, 0.1) is 30.3 Å². The van der Waals surface area contributed by atoms with Gasteiger partial charge >= 0.3 is 11.4 Å². The Morgan fingerprint density at radius 2 is 1.24 bits per heavy atom. The molecular weight excluding hydrogens is 544 g/mol. The Morgan fingerprint density at radius 3 is 1.69 bits per heavy atom. The first-order valence-electron chi connectivity index (χ1n) is 12.7. The van der Waals surface area contributed by atoms with E-state index >= 15 is 0 Å². The first-order valence-corrected chi connectivity index (χ1v) is 12.7. The van der Waals surface area contributed by atoms with Crippen LogP contribution in [0.5, 0.6) is 11.5 Å². The van der Waals surface area contributed by atoms with Crippen molar-refractivity contribution < 1.29 is 24.3 Å². The first kappa shape index (κ1) is 29.3. The molecule has 42 heavy (non-hydrogen) atoms. The van der Waals surface area contributed by atoms with Crippen molar-refractivity contribution in [1.29, 1.82) is 0 Å². The maximum Gasteiger partial charge on any atom is 0.325 e. The minimum absolute atomic E-state index is 0.00750. The second-order valence-electron chi connectivity index (χ2n) is 10.4. The minimum Gasteiger partial charge on any atom is -0.442 e. The normalized spacial score (nSPS) is 11.0. The highest BCUT2D eigenvalue weighted by atomic mass is 16.6. The summed E-state index contributed by atoms with van der Waals surface area (Å²) in [5.41, 5.74) is 0.382. The number of nitro groups is 3. The fourth-order valence-corrected chi connectivity index (χ4v) is 4.29. The number of hydrogen-bond acceptors (Lipinski definition) is 9. The minimum atomic E-state index is -0.971. The fraction of sp³-hybridized carbons (Fsp3) is 0.167. The third kappa shape index (κ3) is 6.07. The van der Waals surface area contributed by atoms with Gasteiger partial charge in [-0.3, -0.25) is 35.1 Å². The summed E-state index contributed by atoms with van der Waals surface area (Å²) in [5.74, 6) is -0.866. The third-order valence-electron chi connectivity index (χ3n) is 6.48. The van der Waals surface area contributed by atoms with Gasteiger partial charge in [0.2, 0.25) is 0 Å². The van der Waals surface area contributed by atoms with Crippen LogP contribution in [0.3, 0.4) is 0 Å². The smallest absolute Gasteiger partial charge is 0.325 e. The standard InChI is InChI=1S/C30H26N4O8/c1-19(35)20-9-13-22(14-10-20)31(23-15-11-21(12-16-23)30(2,3)4)25-7-5-6-8-28(25)42-29-26(33(38)39)17-24(32(36)37)18-27(29)34(40)41/h5-18H,1-4H3. The maximum absolute atomic E-state index is 11.9. The van der Waals surface area contributed by atoms with Gasteiger partial charge in [-0.2, -0.15) is 0 Å². The van der Waals surface area contributed by atoms with Crippen LogP contribution in [-0.2, 0) is 5.41 Å². The Bertz CT molecular complexity index is 1660. The van der Waals surface area contributed by atoms with Gasteiger partial charge in [-0.1, -0.05) is 45.0 Å². The number of Topliss-reactive ketones (excluding diaryl/α,β-unsaturated/α-hetero) is 1. The van der Waals surface area contributed by atoms with Gasteiger partial charge in [0.05, 0.1) is 32.6 Å². The maximum atomic E-state index is 11.9. The number of benzene rings is 4. The van der Waals surface area contributed by atoms with Crippen LogP contribution in [0.1, 0.15) is 43.6 Å². The first-order chi connectivity index (χ1) is 19.8. The van der Waals surface area contributed by atoms with Crippen molar-refractivity contribution in [2.45, 2.75) is 33.1 Å². The Labute approximate surface area is 240 Å². The zero-order chi connectivity index (χ0) is 30.8. The van der Waals surface area contributed by atoms with Gasteiger partial charge in [-0.05, 0) is 66.4 Å². The number of hydrogen-bond donors (Lipinski definition) is 0. The quantitative estimate of drug-likeness (QED) is 0.110. The lowest BCUT2D eigenvalue weighted by atomic mass is 9.87. The molecule has 0 bridgehead atoms. The average Bonchev–Trinajstić information content (AvgIpc) is 2.93. The van der Waals surface area contributed by atoms with E-state index in [2.05, 4.69) is 20.8 Å². The summed E-state index contributed by atoms with van der Waals surface area (Å²) in [6.45, 7) is 7.68. The molecule has 0 aromatic heterocycles. The van der Waals surface area contributed by atoms with Crippen molar-refractivity contribution in [3.05, 3.63) is 126 Å². The largest absolute Gasteiger partial charge is 0.442 e. The fourth-order valence-electron chi connectivity index (χ4n) is 4.29. The molecule has 4 aromatic carbocycles. The van der Waals surface area contributed by atoms with Gasteiger partial charge in [0.15, 0.2) is 11.5 Å². The van der Waals surface area contributed by atoms with Crippen LogP contribution in [0.2, 0.25) is 0 Å². The summed E-state index contributed by atoms with van der Waals surface area (Å²) in [6, 6.07) is 22.1. The molecule has 0 aliphatic heterocycles. The molecule has 0 saturated carbocycles. The molecule has 214 valence electrons. The summed E-state index contributed by atoms with van der Waals surface area (Å²) in [6.07, 6.45) is 0. The molecule has 0 N–H and O–H groups in total. The number of carbonyl (C=O) groups is 1. The molecule has 0 atom stereocenters. The lowest BCUT2D eigenvalue weighted by Gasteiger charge is -2.28. The summed E-state index contributed by atoms with van der Waals surface area (Å²) in [5, 5.41) is 35.1. The molecule has 0 aliphatic rings. The van der Waals surface area contributed by atoms with E-state index in [4.69, 9.17) is 4.74 Å². The van der Waals surface area contributed by atoms with E-state index in [9.17, 15) is 35.1 Å². The highest BCUT2D eigenvalue weighted by molar-refractivity contribution is 5.94. The van der Waals surface area contributed by atoms with Gasteiger partial charge in [0, 0.05) is 16.9 Å². The van der Waals surface area contributed by atoms with Gasteiger partial charge < -0.3 is 9.64 Å². The van der Waals surface area contributed by atoms with Gasteiger partial charge in [-0.25, -0.2) is 0 Å². The molecular formula is C30H26N4O8. The Morgan fingerprint density at radius 1 is 0.738 bits per heavy atom. The number of non-ortho nitro benzene ring substituents is 1. The van der Waals surface area contributed by atoms with E-state index in [1.807, 2.05) is 24.3 Å². The van der Waals surface area contributed by atoms with Crippen LogP contribution in [-0.4, -0.2) is 20.6 Å². The highest BCUT2D eigenvalue weighted by Crippen LogP contribution is 2.47. The van der Waals surface area contributed by atoms with Crippen molar-refractivity contribution in [1.82, 2.24) is 0 Å². The molecule has 0 heterocycles. The second kappa shape index (κ2) is 11.5. The lowest BCUT2D eigenvalue weighted by molar-refractivity contribution is -0.404. The summed E-state index contributed by atoms with van der Waals surface area (Å²) >= 11 is 0. The lowest BCUT2D eigenvalue weighted by Crippen LogP contribution is -2.14. The molecule has 0 fully saturated rings. The molecule has 0 amide bonds.